The van der Waals surface area contributed by atoms with Crippen LogP contribution in [-0.2, 0) is 23.9 Å². The lowest BCUT2D eigenvalue weighted by molar-refractivity contribution is -0.168. The van der Waals surface area contributed by atoms with E-state index in [-0.39, 0.29) is 31.8 Å². The molecule has 0 aromatic heterocycles. The van der Waals surface area contributed by atoms with E-state index in [4.69, 9.17) is 9.47 Å². The number of allylic oxidation sites excluding steroid dienone is 4. The second kappa shape index (κ2) is 36.6. The Hall–Kier alpha value is -2.19. The summed E-state index contributed by atoms with van der Waals surface area (Å²) in [5.74, 6) is -1.23. The van der Waals surface area contributed by atoms with Crippen molar-refractivity contribution in [3.8, 4) is 0 Å². The molecule has 0 aliphatic heterocycles. The van der Waals surface area contributed by atoms with Gasteiger partial charge in [0.05, 0.1) is 12.6 Å². The Morgan fingerprint density at radius 3 is 1.56 bits per heavy atom. The van der Waals surface area contributed by atoms with Gasteiger partial charge in [-0.25, -0.2) is 0 Å². The molecule has 0 saturated carbocycles. The fraction of sp³-hybridized carbons (Fsp3) is 0.833. The van der Waals surface area contributed by atoms with Crippen LogP contribution >= 0.6 is 0 Å². The van der Waals surface area contributed by atoms with Crippen LogP contribution in [0.15, 0.2) is 24.3 Å². The predicted octanol–water partition coefficient (Wildman–Crippen LogP) is 9.98. The van der Waals surface area contributed by atoms with Crippen molar-refractivity contribution in [1.82, 2.24) is 5.32 Å². The highest BCUT2D eigenvalue weighted by Gasteiger charge is 2.32. The van der Waals surface area contributed by atoms with E-state index >= 15 is 0 Å². The monoisotopic (exact) mass is 708 g/mol. The average molecular weight is 708 g/mol. The van der Waals surface area contributed by atoms with E-state index in [9.17, 15) is 24.6 Å². The summed E-state index contributed by atoms with van der Waals surface area (Å²) in [6.45, 7) is 5.69. The van der Waals surface area contributed by atoms with Crippen LogP contribution in [0.25, 0.3) is 0 Å². The maximum absolute atomic E-state index is 12.7. The molecule has 0 radical (unpaired) electrons. The highest BCUT2D eigenvalue weighted by atomic mass is 16.6. The highest BCUT2D eigenvalue weighted by molar-refractivity contribution is 5.76. The Kier molecular flexibility index (Phi) is 35.0. The molecule has 0 fully saturated rings. The van der Waals surface area contributed by atoms with Crippen LogP contribution in [-0.4, -0.2) is 59.5 Å². The smallest absolute Gasteiger partial charge is 0.306 e. The summed E-state index contributed by atoms with van der Waals surface area (Å²) in [7, 11) is 0. The lowest BCUT2D eigenvalue weighted by Crippen LogP contribution is -2.53. The molecular formula is C42H77NO7. The quantitative estimate of drug-likeness (QED) is 0.0337. The topological polar surface area (TPSA) is 122 Å². The average Bonchev–Trinajstić information content (AvgIpc) is 3.11. The number of ether oxygens (including phenoxy) is 2. The van der Waals surface area contributed by atoms with Crippen molar-refractivity contribution in [3.63, 3.8) is 0 Å². The maximum Gasteiger partial charge on any atom is 0.306 e. The van der Waals surface area contributed by atoms with Gasteiger partial charge in [-0.15, -0.1) is 0 Å². The number of hydrogen-bond donors (Lipinski definition) is 3. The molecular weight excluding hydrogens is 630 g/mol. The van der Waals surface area contributed by atoms with Crippen LogP contribution in [0.5, 0.6) is 0 Å². The van der Waals surface area contributed by atoms with Crippen molar-refractivity contribution in [2.75, 3.05) is 13.2 Å². The van der Waals surface area contributed by atoms with Crippen LogP contribution in [0.3, 0.4) is 0 Å². The molecule has 3 atom stereocenters. The van der Waals surface area contributed by atoms with Gasteiger partial charge in [0.1, 0.15) is 12.7 Å². The van der Waals surface area contributed by atoms with Crippen LogP contribution in [0.1, 0.15) is 194 Å². The first-order valence-electron chi connectivity index (χ1n) is 20.6. The molecule has 8 nitrogen and oxygen atoms in total. The number of rotatable bonds is 36. The van der Waals surface area contributed by atoms with Gasteiger partial charge in [0.25, 0.3) is 0 Å². The zero-order valence-corrected chi connectivity index (χ0v) is 32.5. The summed E-state index contributed by atoms with van der Waals surface area (Å²) >= 11 is 0. The third-order valence-corrected chi connectivity index (χ3v) is 9.10. The number of hydrogen-bond acceptors (Lipinski definition) is 7. The van der Waals surface area contributed by atoms with Gasteiger partial charge in [-0.3, -0.25) is 14.4 Å². The van der Waals surface area contributed by atoms with E-state index in [1.807, 2.05) is 12.2 Å². The van der Waals surface area contributed by atoms with Crippen LogP contribution in [0.2, 0.25) is 0 Å². The zero-order chi connectivity index (χ0) is 36.9. The Balaban J connectivity index is 4.81. The minimum absolute atomic E-state index is 0.0971. The zero-order valence-electron chi connectivity index (χ0n) is 32.5. The number of aliphatic hydroxyl groups is 2. The highest BCUT2D eigenvalue weighted by Crippen LogP contribution is 2.15. The van der Waals surface area contributed by atoms with Crippen molar-refractivity contribution >= 4 is 17.8 Å². The lowest BCUT2D eigenvalue weighted by Gasteiger charge is -2.29. The number of unbranched alkanes of at least 4 members (excludes halogenated alkanes) is 19. The fourth-order valence-electron chi connectivity index (χ4n) is 5.86. The van der Waals surface area contributed by atoms with Crippen molar-refractivity contribution in [2.24, 2.45) is 0 Å². The van der Waals surface area contributed by atoms with Crippen LogP contribution in [0.4, 0.5) is 0 Å². The number of amides is 1. The standard InChI is InChI=1S/C42H77NO7/c1-4-7-10-13-16-19-20-22-25-27-30-33-40(46)49-36-38(50-41(47)34-31-28-24-18-15-12-9-6-3)42(48)37(35-44)43-39(45)32-29-26-23-21-17-14-11-8-5-2/h12,15,24,28,37-38,42,44,48H,4-11,13-14,16-23,25-27,29-36H2,1-3H3,(H,43,45)/b15-12-,28-24-/t37-,38-,42+/m0/s1. The van der Waals surface area contributed by atoms with Gasteiger partial charge in [0.2, 0.25) is 5.91 Å². The number of carbonyl (C=O) groups excluding carboxylic acids is 3. The van der Waals surface area contributed by atoms with Crippen molar-refractivity contribution in [3.05, 3.63) is 24.3 Å². The molecule has 3 N–H and O–H groups in total. The number of nitrogens with one attached hydrogen (secondary N) is 1. The summed E-state index contributed by atoms with van der Waals surface area (Å²) in [6, 6.07) is -1.06. The Bertz CT molecular complexity index is 859. The number of aliphatic hydroxyl groups excluding tert-OH is 2. The maximum atomic E-state index is 12.7. The van der Waals surface area contributed by atoms with Crippen molar-refractivity contribution in [1.29, 1.82) is 0 Å². The third-order valence-electron chi connectivity index (χ3n) is 9.10. The molecule has 0 unspecified atom stereocenters. The van der Waals surface area contributed by atoms with E-state index in [1.54, 1.807) is 0 Å². The van der Waals surface area contributed by atoms with Crippen LogP contribution < -0.4 is 5.32 Å². The number of esters is 2. The molecule has 0 saturated heterocycles. The van der Waals surface area contributed by atoms with E-state index < -0.39 is 36.8 Å². The molecule has 0 aliphatic rings. The Morgan fingerprint density at radius 1 is 0.580 bits per heavy atom. The first kappa shape index (κ1) is 47.8. The minimum Gasteiger partial charge on any atom is -0.462 e. The first-order chi connectivity index (χ1) is 24.4. The fourth-order valence-corrected chi connectivity index (χ4v) is 5.86. The van der Waals surface area contributed by atoms with Crippen molar-refractivity contribution in [2.45, 2.75) is 212 Å². The predicted molar refractivity (Wildman–Crippen MR) is 206 cm³/mol. The van der Waals surface area contributed by atoms with E-state index in [0.29, 0.717) is 6.42 Å². The molecule has 50 heavy (non-hydrogen) atoms. The summed E-state index contributed by atoms with van der Waals surface area (Å²) < 4.78 is 11.0. The largest absolute Gasteiger partial charge is 0.462 e. The van der Waals surface area contributed by atoms with Crippen molar-refractivity contribution < 1.29 is 34.1 Å². The lowest BCUT2D eigenvalue weighted by atomic mass is 10.0. The van der Waals surface area contributed by atoms with E-state index in [2.05, 4.69) is 38.2 Å². The molecule has 0 rings (SSSR count). The van der Waals surface area contributed by atoms with Gasteiger partial charge in [-0.2, -0.15) is 0 Å². The molecule has 8 heteroatoms. The molecule has 1 amide bonds. The van der Waals surface area contributed by atoms with E-state index in [0.717, 1.165) is 57.8 Å². The molecule has 292 valence electrons. The van der Waals surface area contributed by atoms with Gasteiger partial charge in [0.15, 0.2) is 6.10 Å². The molecule has 0 spiro atoms. The summed E-state index contributed by atoms with van der Waals surface area (Å²) in [5, 5.41) is 23.9. The molecule has 0 aliphatic carbocycles. The normalized spacial score (nSPS) is 13.5. The van der Waals surface area contributed by atoms with E-state index in [1.165, 1.54) is 89.9 Å². The Morgan fingerprint density at radius 2 is 1.06 bits per heavy atom. The second-order valence-corrected chi connectivity index (χ2v) is 13.9. The van der Waals surface area contributed by atoms with Crippen LogP contribution in [0, 0.1) is 0 Å². The summed E-state index contributed by atoms with van der Waals surface area (Å²) in [4.78, 5) is 37.9. The number of carbonyl (C=O) groups is 3. The first-order valence-corrected chi connectivity index (χ1v) is 20.6. The summed E-state index contributed by atoms with van der Waals surface area (Å²) in [6.07, 6.45) is 32.7. The summed E-state index contributed by atoms with van der Waals surface area (Å²) in [5.41, 5.74) is 0. The van der Waals surface area contributed by atoms with Gasteiger partial charge >= 0.3 is 11.9 Å². The molecule has 0 aromatic carbocycles. The van der Waals surface area contributed by atoms with Gasteiger partial charge in [0, 0.05) is 19.3 Å². The minimum atomic E-state index is -1.44. The Labute approximate surface area is 306 Å². The molecule has 0 heterocycles. The van der Waals surface area contributed by atoms with Gasteiger partial charge in [-0.05, 0) is 32.1 Å². The van der Waals surface area contributed by atoms with Gasteiger partial charge in [-0.1, -0.05) is 167 Å². The third kappa shape index (κ3) is 30.6. The van der Waals surface area contributed by atoms with Gasteiger partial charge < -0.3 is 25.0 Å². The SMILES string of the molecule is CCC/C=C\C/C=C\CCC(=O)O[C@@H](COC(=O)CCCCCCCCCCCCC)[C@H](O)[C@H](CO)NC(=O)CCCCCCCCCCC. The second-order valence-electron chi connectivity index (χ2n) is 13.9. The molecule has 0 bridgehead atoms. The molecule has 0 aromatic rings.